The highest BCUT2D eigenvalue weighted by atomic mass is 32.2. The topological polar surface area (TPSA) is 70.1 Å². The zero-order chi connectivity index (χ0) is 19.4. The van der Waals surface area contributed by atoms with Crippen molar-refractivity contribution in [2.45, 2.75) is 11.4 Å². The van der Waals surface area contributed by atoms with Crippen molar-refractivity contribution >= 4 is 10.0 Å². The molecule has 1 saturated heterocycles. The second-order valence-electron chi connectivity index (χ2n) is 6.80. The summed E-state index contributed by atoms with van der Waals surface area (Å²) in [6.45, 7) is 2.22. The first-order valence-electron chi connectivity index (χ1n) is 8.98. The normalized spacial score (nSPS) is 18.8. The molecule has 0 saturated carbocycles. The van der Waals surface area contributed by atoms with Crippen molar-refractivity contribution in [3.8, 4) is 5.75 Å². The molecule has 0 bridgehead atoms. The number of likely N-dealkylation sites (N-methyl/N-ethyl adjacent to an activating group) is 1. The molecule has 0 aliphatic carbocycles. The van der Waals surface area contributed by atoms with Crippen molar-refractivity contribution < 1.29 is 18.3 Å². The van der Waals surface area contributed by atoms with E-state index < -0.39 is 21.4 Å². The van der Waals surface area contributed by atoms with E-state index in [-0.39, 0.29) is 0 Å². The van der Waals surface area contributed by atoms with Gasteiger partial charge in [-0.05, 0) is 30.3 Å². The van der Waals surface area contributed by atoms with E-state index in [0.29, 0.717) is 43.1 Å². The molecule has 1 heterocycles. The van der Waals surface area contributed by atoms with Gasteiger partial charge in [0.2, 0.25) is 10.0 Å². The first-order valence-corrected chi connectivity index (χ1v) is 10.5. The van der Waals surface area contributed by atoms with Crippen LogP contribution in [-0.2, 0) is 10.0 Å². The minimum Gasteiger partial charge on any atom is -0.497 e. The Hall–Kier alpha value is -1.93. The average Bonchev–Trinajstić information content (AvgIpc) is 2.69. The molecule has 1 aliphatic rings. The molecule has 2 aromatic rings. The van der Waals surface area contributed by atoms with Gasteiger partial charge in [-0.15, -0.1) is 0 Å². The maximum Gasteiger partial charge on any atom is 0.224 e. The van der Waals surface area contributed by atoms with Crippen LogP contribution >= 0.6 is 0 Å². The number of methoxy groups -OCH3 is 1. The second-order valence-corrected chi connectivity index (χ2v) is 8.85. The number of aliphatic hydroxyl groups is 1. The van der Waals surface area contributed by atoms with Gasteiger partial charge in [0.15, 0.2) is 0 Å². The van der Waals surface area contributed by atoms with Crippen LogP contribution in [0, 0.1) is 0 Å². The molecule has 1 aliphatic heterocycles. The van der Waals surface area contributed by atoms with Gasteiger partial charge in [0, 0.05) is 26.2 Å². The Bertz CT molecular complexity index is 832. The smallest absolute Gasteiger partial charge is 0.224 e. The molecule has 146 valence electrons. The van der Waals surface area contributed by atoms with Gasteiger partial charge in [-0.3, -0.25) is 0 Å². The number of rotatable bonds is 6. The fraction of sp³-hybridized carbons (Fsp3) is 0.400. The van der Waals surface area contributed by atoms with Gasteiger partial charge in [-0.2, -0.15) is 4.31 Å². The second kappa shape index (κ2) is 8.39. The third-order valence-electron chi connectivity index (χ3n) is 5.02. The van der Waals surface area contributed by atoms with Crippen molar-refractivity contribution in [2.24, 2.45) is 0 Å². The number of piperazine rings is 1. The predicted molar refractivity (Wildman–Crippen MR) is 105 cm³/mol. The summed E-state index contributed by atoms with van der Waals surface area (Å²) in [5.41, 5.74) is 1.13. The van der Waals surface area contributed by atoms with E-state index in [9.17, 15) is 13.5 Å². The summed E-state index contributed by atoms with van der Waals surface area (Å²) in [5, 5.41) is 10.00. The van der Waals surface area contributed by atoms with Gasteiger partial charge in [0.25, 0.3) is 0 Å². The molecule has 0 unspecified atom stereocenters. The van der Waals surface area contributed by atoms with Crippen LogP contribution in [0.15, 0.2) is 54.6 Å². The van der Waals surface area contributed by atoms with Gasteiger partial charge in [-0.1, -0.05) is 42.5 Å². The number of sulfonamides is 1. The lowest BCUT2D eigenvalue weighted by Gasteiger charge is -2.35. The van der Waals surface area contributed by atoms with Crippen molar-refractivity contribution in [1.82, 2.24) is 9.21 Å². The van der Waals surface area contributed by atoms with E-state index >= 15 is 0 Å². The Kier molecular flexibility index (Phi) is 6.16. The third kappa shape index (κ3) is 4.32. The van der Waals surface area contributed by atoms with Crippen molar-refractivity contribution in [3.63, 3.8) is 0 Å². The molecule has 0 spiro atoms. The Morgan fingerprint density at radius 3 is 2.07 bits per heavy atom. The van der Waals surface area contributed by atoms with E-state index in [1.807, 2.05) is 13.1 Å². The van der Waals surface area contributed by atoms with Crippen LogP contribution in [0.3, 0.4) is 0 Å². The highest BCUT2D eigenvalue weighted by Crippen LogP contribution is 2.38. The molecule has 1 fully saturated rings. The molecule has 2 aromatic carbocycles. The Balaban J connectivity index is 1.98. The molecular formula is C20H26N2O4S. The SMILES string of the molecule is COc1ccc([C@@H](O)[C@H](c2ccccc2)S(=O)(=O)N2CCN(C)CC2)cc1. The van der Waals surface area contributed by atoms with Crippen molar-refractivity contribution in [2.75, 3.05) is 40.3 Å². The number of benzene rings is 2. The van der Waals surface area contributed by atoms with Gasteiger partial charge < -0.3 is 14.7 Å². The van der Waals surface area contributed by atoms with Crippen LogP contribution in [0.4, 0.5) is 0 Å². The summed E-state index contributed by atoms with van der Waals surface area (Å²) in [4.78, 5) is 2.10. The molecule has 0 radical (unpaired) electrons. The number of aliphatic hydroxyl groups excluding tert-OH is 1. The molecule has 3 rings (SSSR count). The number of hydrogen-bond acceptors (Lipinski definition) is 5. The standard InChI is InChI=1S/C20H26N2O4S/c1-21-12-14-22(15-13-21)27(24,25)20(17-6-4-3-5-7-17)19(23)16-8-10-18(26-2)11-9-16/h3-11,19-20,23H,12-15H2,1-2H3/t19-,20+/m1/s1. The van der Waals surface area contributed by atoms with Crippen LogP contribution in [0.5, 0.6) is 5.75 Å². The Morgan fingerprint density at radius 2 is 1.52 bits per heavy atom. The van der Waals surface area contributed by atoms with Gasteiger partial charge in [0.1, 0.15) is 17.1 Å². The molecule has 0 amide bonds. The summed E-state index contributed by atoms with van der Waals surface area (Å²) in [6.07, 6.45) is -1.18. The summed E-state index contributed by atoms with van der Waals surface area (Å²) >= 11 is 0. The lowest BCUT2D eigenvalue weighted by atomic mass is 10.0. The number of hydrogen-bond donors (Lipinski definition) is 1. The van der Waals surface area contributed by atoms with Crippen molar-refractivity contribution in [3.05, 3.63) is 65.7 Å². The summed E-state index contributed by atoms with van der Waals surface area (Å²) in [6, 6.07) is 15.8. The van der Waals surface area contributed by atoms with Crippen LogP contribution < -0.4 is 4.74 Å². The monoisotopic (exact) mass is 390 g/mol. The summed E-state index contributed by atoms with van der Waals surface area (Å²) in [7, 11) is -0.196. The van der Waals surface area contributed by atoms with E-state index in [0.717, 1.165) is 0 Å². The van der Waals surface area contributed by atoms with E-state index in [4.69, 9.17) is 4.74 Å². The van der Waals surface area contributed by atoms with Crippen LogP contribution in [-0.4, -0.2) is 63.1 Å². The largest absolute Gasteiger partial charge is 0.497 e. The van der Waals surface area contributed by atoms with Crippen LogP contribution in [0.2, 0.25) is 0 Å². The third-order valence-corrected chi connectivity index (χ3v) is 7.27. The van der Waals surface area contributed by atoms with Crippen LogP contribution in [0.1, 0.15) is 22.5 Å². The molecule has 2 atom stereocenters. The highest BCUT2D eigenvalue weighted by molar-refractivity contribution is 7.89. The zero-order valence-electron chi connectivity index (χ0n) is 15.7. The van der Waals surface area contributed by atoms with E-state index in [1.54, 1.807) is 55.6 Å². The Labute approximate surface area is 161 Å². The lowest BCUT2D eigenvalue weighted by Crippen LogP contribution is -2.49. The molecule has 7 heteroatoms. The van der Waals surface area contributed by atoms with Gasteiger partial charge >= 0.3 is 0 Å². The minimum absolute atomic E-state index is 0.428. The zero-order valence-corrected chi connectivity index (χ0v) is 16.5. The number of ether oxygens (including phenoxy) is 1. The first-order chi connectivity index (χ1) is 12.9. The molecule has 1 N–H and O–H groups in total. The summed E-state index contributed by atoms with van der Waals surface area (Å²) < 4.78 is 33.6. The minimum atomic E-state index is -3.74. The number of nitrogens with zero attached hydrogens (tertiary/aromatic N) is 2. The van der Waals surface area contributed by atoms with E-state index in [1.165, 1.54) is 4.31 Å². The molecule has 27 heavy (non-hydrogen) atoms. The highest BCUT2D eigenvalue weighted by Gasteiger charge is 2.40. The van der Waals surface area contributed by atoms with Gasteiger partial charge in [0.05, 0.1) is 7.11 Å². The molecular weight excluding hydrogens is 364 g/mol. The molecule has 6 nitrogen and oxygen atoms in total. The van der Waals surface area contributed by atoms with Crippen molar-refractivity contribution in [1.29, 1.82) is 0 Å². The lowest BCUT2D eigenvalue weighted by molar-refractivity contribution is 0.163. The Morgan fingerprint density at radius 1 is 0.926 bits per heavy atom. The average molecular weight is 391 g/mol. The first kappa shape index (κ1) is 19.8. The fourth-order valence-electron chi connectivity index (χ4n) is 3.34. The maximum absolute atomic E-state index is 13.5. The predicted octanol–water partition coefficient (Wildman–Crippen LogP) is 2.05. The van der Waals surface area contributed by atoms with E-state index in [2.05, 4.69) is 4.90 Å². The van der Waals surface area contributed by atoms with Crippen LogP contribution in [0.25, 0.3) is 0 Å². The molecule has 0 aromatic heterocycles. The van der Waals surface area contributed by atoms with Gasteiger partial charge in [-0.25, -0.2) is 8.42 Å². The maximum atomic E-state index is 13.5. The fourth-order valence-corrected chi connectivity index (χ4v) is 5.32. The quantitative estimate of drug-likeness (QED) is 0.818. The summed E-state index contributed by atoms with van der Waals surface area (Å²) in [5.74, 6) is 0.657.